The molecule has 0 fully saturated rings. The second kappa shape index (κ2) is 7.82. The number of anilines is 1. The fourth-order valence-electron chi connectivity index (χ4n) is 2.97. The van der Waals surface area contributed by atoms with E-state index in [-0.39, 0.29) is 23.7 Å². The molecular weight excluding hydrogens is 414 g/mol. The van der Waals surface area contributed by atoms with Gasteiger partial charge in [-0.25, -0.2) is 13.2 Å². The molecule has 1 N–H and O–H groups in total. The van der Waals surface area contributed by atoms with Gasteiger partial charge in [0.1, 0.15) is 19.0 Å². The van der Waals surface area contributed by atoms with E-state index >= 15 is 0 Å². The highest BCUT2D eigenvalue weighted by Gasteiger charge is 2.27. The number of nitrogens with one attached hydrogen (secondary N) is 1. The minimum Gasteiger partial charge on any atom is -0.486 e. The zero-order valence-corrected chi connectivity index (χ0v) is 16.8. The molecule has 1 aromatic rings. The summed E-state index contributed by atoms with van der Waals surface area (Å²) in [5.74, 6) is 0.0141. The van der Waals surface area contributed by atoms with Crippen molar-refractivity contribution in [3.63, 3.8) is 0 Å². The second-order valence-electron chi connectivity index (χ2n) is 6.74. The molecule has 0 aromatic heterocycles. The van der Waals surface area contributed by atoms with Gasteiger partial charge in [0.05, 0.1) is 11.3 Å². The number of nitrogens with zero attached hydrogens (tertiary/aromatic N) is 2. The molecule has 1 amide bonds. The predicted octanol–water partition coefficient (Wildman–Crippen LogP) is 0.826. The van der Waals surface area contributed by atoms with Gasteiger partial charge in [0, 0.05) is 24.5 Å². The number of benzene rings is 1. The fourth-order valence-corrected chi connectivity index (χ4v) is 3.94. The lowest BCUT2D eigenvalue weighted by Crippen LogP contribution is -2.37. The molecule has 11 heteroatoms. The van der Waals surface area contributed by atoms with E-state index in [1.807, 2.05) is 0 Å². The Kier molecular flexibility index (Phi) is 5.20. The lowest BCUT2D eigenvalue weighted by molar-refractivity contribution is -0.149. The maximum absolute atomic E-state index is 12.4. The first-order valence-electron chi connectivity index (χ1n) is 9.21. The largest absolute Gasteiger partial charge is 0.486 e. The van der Waals surface area contributed by atoms with E-state index in [4.69, 9.17) is 14.2 Å². The molecular formula is C19H19N3O7S. The summed E-state index contributed by atoms with van der Waals surface area (Å²) >= 11 is 0. The number of sulfonamides is 1. The smallest absolute Gasteiger partial charge is 0.340 e. The van der Waals surface area contributed by atoms with Crippen LogP contribution in [0, 0.1) is 0 Å². The second-order valence-corrected chi connectivity index (χ2v) is 8.50. The highest BCUT2D eigenvalue weighted by molar-refractivity contribution is 7.90. The molecule has 3 heterocycles. The van der Waals surface area contributed by atoms with Crippen molar-refractivity contribution in [2.75, 3.05) is 30.8 Å². The molecule has 0 saturated carbocycles. The summed E-state index contributed by atoms with van der Waals surface area (Å²) in [6, 6.07) is 4.99. The van der Waals surface area contributed by atoms with Crippen molar-refractivity contribution in [1.29, 1.82) is 0 Å². The van der Waals surface area contributed by atoms with Gasteiger partial charge < -0.3 is 24.4 Å². The highest BCUT2D eigenvalue weighted by Crippen LogP contribution is 2.32. The van der Waals surface area contributed by atoms with E-state index in [0.717, 1.165) is 0 Å². The van der Waals surface area contributed by atoms with Crippen LogP contribution in [-0.2, 0) is 24.3 Å². The van der Waals surface area contributed by atoms with Gasteiger partial charge in [-0.1, -0.05) is 0 Å². The molecule has 4 rings (SSSR count). The molecule has 3 aliphatic rings. The SMILES string of the molecule is CC(OC(=O)C1=CN2CCS(=O)(=O)N=C2C=C1)C(=O)Nc1ccc2c(c1)OCCO2. The van der Waals surface area contributed by atoms with Gasteiger partial charge in [0.2, 0.25) is 0 Å². The molecule has 0 bridgehead atoms. The number of carbonyl (C=O) groups excluding carboxylic acids is 2. The maximum atomic E-state index is 12.4. The number of hydrogen-bond donors (Lipinski definition) is 1. The average Bonchev–Trinajstić information content (AvgIpc) is 2.72. The summed E-state index contributed by atoms with van der Waals surface area (Å²) in [6.45, 7) is 2.54. The molecule has 1 atom stereocenters. The van der Waals surface area contributed by atoms with Gasteiger partial charge in [-0.05, 0) is 31.2 Å². The lowest BCUT2D eigenvalue weighted by Gasteiger charge is -2.27. The van der Waals surface area contributed by atoms with E-state index in [2.05, 4.69) is 9.71 Å². The summed E-state index contributed by atoms with van der Waals surface area (Å²) in [6.07, 6.45) is 3.23. The number of rotatable bonds is 4. The minimum atomic E-state index is -3.48. The first-order valence-corrected chi connectivity index (χ1v) is 10.8. The van der Waals surface area contributed by atoms with Crippen LogP contribution < -0.4 is 14.8 Å². The van der Waals surface area contributed by atoms with Crippen LogP contribution in [0.15, 0.2) is 46.5 Å². The van der Waals surface area contributed by atoms with Gasteiger partial charge in [0.15, 0.2) is 17.6 Å². The third-order valence-electron chi connectivity index (χ3n) is 4.52. The molecule has 158 valence electrons. The van der Waals surface area contributed by atoms with Gasteiger partial charge in [-0.15, -0.1) is 4.40 Å². The summed E-state index contributed by atoms with van der Waals surface area (Å²) < 4.78 is 42.9. The molecule has 10 nitrogen and oxygen atoms in total. The van der Waals surface area contributed by atoms with E-state index in [1.54, 1.807) is 23.1 Å². The number of hydrogen-bond acceptors (Lipinski definition) is 8. The van der Waals surface area contributed by atoms with Crippen LogP contribution >= 0.6 is 0 Å². The number of amidine groups is 1. The monoisotopic (exact) mass is 433 g/mol. The molecule has 0 aliphatic carbocycles. The maximum Gasteiger partial charge on any atom is 0.340 e. The van der Waals surface area contributed by atoms with Crippen molar-refractivity contribution in [1.82, 2.24) is 4.90 Å². The quantitative estimate of drug-likeness (QED) is 0.693. The third kappa shape index (κ3) is 4.30. The third-order valence-corrected chi connectivity index (χ3v) is 5.69. The zero-order valence-electron chi connectivity index (χ0n) is 16.0. The number of fused-ring (bicyclic) bond motifs is 2. The van der Waals surface area contributed by atoms with E-state index in [1.165, 1.54) is 25.3 Å². The van der Waals surface area contributed by atoms with Crippen molar-refractivity contribution in [2.45, 2.75) is 13.0 Å². The lowest BCUT2D eigenvalue weighted by atomic mass is 10.2. The van der Waals surface area contributed by atoms with Crippen molar-refractivity contribution in [3.8, 4) is 11.5 Å². The van der Waals surface area contributed by atoms with Crippen LogP contribution in [0.2, 0.25) is 0 Å². The summed E-state index contributed by atoms with van der Waals surface area (Å²) in [4.78, 5) is 26.4. The molecule has 30 heavy (non-hydrogen) atoms. The Balaban J connectivity index is 1.37. The van der Waals surface area contributed by atoms with Gasteiger partial charge in [0.25, 0.3) is 15.9 Å². The number of ether oxygens (including phenoxy) is 3. The van der Waals surface area contributed by atoms with Crippen LogP contribution in [0.1, 0.15) is 6.92 Å². The van der Waals surface area contributed by atoms with E-state index in [9.17, 15) is 18.0 Å². The Morgan fingerprint density at radius 1 is 1.20 bits per heavy atom. The summed E-state index contributed by atoms with van der Waals surface area (Å²) in [5, 5.41) is 2.67. The summed E-state index contributed by atoms with van der Waals surface area (Å²) in [5.41, 5.74) is 0.673. The molecule has 0 radical (unpaired) electrons. The van der Waals surface area contributed by atoms with Gasteiger partial charge in [-0.2, -0.15) is 0 Å². The Hall–Kier alpha value is -3.34. The topological polar surface area (TPSA) is 124 Å². The first-order chi connectivity index (χ1) is 14.3. The van der Waals surface area contributed by atoms with Crippen molar-refractivity contribution in [3.05, 3.63) is 42.1 Å². The molecule has 0 spiro atoms. The zero-order chi connectivity index (χ0) is 21.3. The Bertz CT molecular complexity index is 1090. The normalized spacial score (nSPS) is 19.7. The standard InChI is InChI=1S/C19H19N3O7S/c1-12(18(23)20-14-3-4-15-16(10-14)28-8-7-27-15)29-19(24)13-2-5-17-21-30(25,26)9-6-22(17)11-13/h2-5,10-12H,6-9H2,1H3,(H,20,23). The van der Waals surface area contributed by atoms with Crippen molar-refractivity contribution >= 4 is 33.4 Å². The molecule has 1 unspecified atom stereocenters. The predicted molar refractivity (Wildman–Crippen MR) is 107 cm³/mol. The first kappa shape index (κ1) is 20.0. The molecule has 3 aliphatic heterocycles. The number of amides is 1. The van der Waals surface area contributed by atoms with E-state index in [0.29, 0.717) is 30.4 Å². The van der Waals surface area contributed by atoms with Crippen molar-refractivity contribution < 1.29 is 32.2 Å². The van der Waals surface area contributed by atoms with Gasteiger partial charge in [-0.3, -0.25) is 4.79 Å². The summed E-state index contributed by atoms with van der Waals surface area (Å²) in [7, 11) is -3.48. The fraction of sp³-hybridized carbons (Fsp3) is 0.316. The van der Waals surface area contributed by atoms with Crippen LogP contribution in [0.3, 0.4) is 0 Å². The van der Waals surface area contributed by atoms with Crippen molar-refractivity contribution in [2.24, 2.45) is 4.40 Å². The number of carbonyl (C=O) groups is 2. The van der Waals surface area contributed by atoms with Crippen LogP contribution in [0.25, 0.3) is 0 Å². The average molecular weight is 433 g/mol. The Labute approximate surface area is 172 Å². The van der Waals surface area contributed by atoms with Gasteiger partial charge >= 0.3 is 5.97 Å². The highest BCUT2D eigenvalue weighted by atomic mass is 32.2. The minimum absolute atomic E-state index is 0.141. The van der Waals surface area contributed by atoms with Crippen LogP contribution in [0.5, 0.6) is 11.5 Å². The Morgan fingerprint density at radius 3 is 2.77 bits per heavy atom. The molecule has 1 aromatic carbocycles. The van der Waals surface area contributed by atoms with Crippen LogP contribution in [0.4, 0.5) is 5.69 Å². The number of esters is 1. The Morgan fingerprint density at radius 2 is 1.97 bits per heavy atom. The van der Waals surface area contributed by atoms with E-state index < -0.39 is 28.0 Å². The van der Waals surface area contributed by atoms with Crippen LogP contribution in [-0.4, -0.2) is 62.6 Å². The molecule has 0 saturated heterocycles.